The van der Waals surface area contributed by atoms with Gasteiger partial charge in [-0.1, -0.05) is 89.2 Å². The van der Waals surface area contributed by atoms with Crippen LogP contribution < -0.4 is 5.32 Å². The summed E-state index contributed by atoms with van der Waals surface area (Å²) in [6.45, 7) is 14.6. The number of hydrogen-bond acceptors (Lipinski definition) is 4. The summed E-state index contributed by atoms with van der Waals surface area (Å²) in [7, 11) is 0. The predicted molar refractivity (Wildman–Crippen MR) is 158 cm³/mol. The summed E-state index contributed by atoms with van der Waals surface area (Å²) in [5.41, 5.74) is 3.45. The number of thioether (sulfide) groups is 1. The summed E-state index contributed by atoms with van der Waals surface area (Å²) < 4.78 is 0. The van der Waals surface area contributed by atoms with Crippen molar-refractivity contribution in [3.05, 3.63) is 88.2 Å². The van der Waals surface area contributed by atoms with Crippen LogP contribution in [0.3, 0.4) is 0 Å². The second kappa shape index (κ2) is 14.9. The first-order valence-electron chi connectivity index (χ1n) is 13.2. The van der Waals surface area contributed by atoms with Gasteiger partial charge in [0.1, 0.15) is 6.10 Å². The quantitative estimate of drug-likeness (QED) is 0.249. The van der Waals surface area contributed by atoms with Gasteiger partial charge in [-0.05, 0) is 65.0 Å². The Labute approximate surface area is 227 Å². The highest BCUT2D eigenvalue weighted by molar-refractivity contribution is 8.05. The molecule has 0 radical (unpaired) electrons. The third kappa shape index (κ3) is 10.3. The zero-order valence-electron chi connectivity index (χ0n) is 23.0. The lowest BCUT2D eigenvalue weighted by Crippen LogP contribution is -2.22. The molecule has 200 valence electrons. The van der Waals surface area contributed by atoms with Crippen molar-refractivity contribution >= 4 is 29.1 Å². The van der Waals surface area contributed by atoms with E-state index in [9.17, 15) is 14.7 Å². The van der Waals surface area contributed by atoms with Crippen LogP contribution in [-0.4, -0.2) is 22.9 Å². The van der Waals surface area contributed by atoms with E-state index in [1.807, 2.05) is 66.9 Å². The summed E-state index contributed by atoms with van der Waals surface area (Å²) in [4.78, 5) is 26.3. The topological polar surface area (TPSA) is 66.4 Å². The van der Waals surface area contributed by atoms with Crippen LogP contribution >= 0.6 is 11.8 Å². The average Bonchev–Trinajstić information content (AvgIpc) is 2.86. The molecule has 0 aliphatic heterocycles. The van der Waals surface area contributed by atoms with Crippen LogP contribution in [0.2, 0.25) is 0 Å². The minimum Gasteiger partial charge on any atom is -0.385 e. The molecule has 5 heteroatoms. The van der Waals surface area contributed by atoms with E-state index in [4.69, 9.17) is 0 Å². The van der Waals surface area contributed by atoms with Crippen molar-refractivity contribution in [1.82, 2.24) is 0 Å². The number of nitrogens with one attached hydrogen (secondary N) is 1. The Hall–Kier alpha value is -2.63. The number of benzene rings is 2. The zero-order valence-corrected chi connectivity index (χ0v) is 23.9. The number of rotatable bonds is 14. The summed E-state index contributed by atoms with van der Waals surface area (Å²) in [5.74, 6) is 0.0187. The number of allylic oxidation sites excluding steroid dienone is 1. The summed E-state index contributed by atoms with van der Waals surface area (Å²) in [5, 5.41) is 15.2. The molecule has 0 saturated carbocycles. The molecule has 0 aromatic heterocycles. The fourth-order valence-electron chi connectivity index (χ4n) is 4.24. The van der Waals surface area contributed by atoms with Gasteiger partial charge in [-0.25, -0.2) is 0 Å². The standard InChI is InChI=1S/C32H43NO3S/c1-7-14-26(17-13-20-29(34)30(35)21-25-15-9-8-10-16-25)24(3)37-22-23(2)31(36)33-28-19-12-11-18-27(28)32(4,5)6/h8-12,15-16,18-19,22,26,30,35H,3,7,13-14,17,20-21H2,1-2,4-6H3,(H,33,36)/b23-22+/t26?,30-/m1/s1. The third-order valence-electron chi connectivity index (χ3n) is 6.44. The van der Waals surface area contributed by atoms with Crippen LogP contribution in [0, 0.1) is 5.92 Å². The van der Waals surface area contributed by atoms with Crippen LogP contribution in [0.15, 0.2) is 77.1 Å². The summed E-state index contributed by atoms with van der Waals surface area (Å²) >= 11 is 1.50. The molecule has 2 aromatic carbocycles. The number of amides is 1. The minimum absolute atomic E-state index is 0.0725. The second-order valence-corrected chi connectivity index (χ2v) is 11.7. The van der Waals surface area contributed by atoms with E-state index in [2.05, 4.69) is 39.6 Å². The van der Waals surface area contributed by atoms with Gasteiger partial charge in [0.25, 0.3) is 5.91 Å². The van der Waals surface area contributed by atoms with Gasteiger partial charge in [-0.3, -0.25) is 9.59 Å². The summed E-state index contributed by atoms with van der Waals surface area (Å²) in [6, 6.07) is 17.5. The van der Waals surface area contributed by atoms with Crippen LogP contribution in [0.4, 0.5) is 5.69 Å². The van der Waals surface area contributed by atoms with Crippen molar-refractivity contribution in [2.24, 2.45) is 5.92 Å². The third-order valence-corrected chi connectivity index (χ3v) is 7.55. The Balaban J connectivity index is 1.88. The Bertz CT molecular complexity index is 1070. The van der Waals surface area contributed by atoms with E-state index in [0.717, 1.165) is 41.0 Å². The van der Waals surface area contributed by atoms with E-state index in [1.165, 1.54) is 11.8 Å². The van der Waals surface area contributed by atoms with Crippen LogP contribution in [0.25, 0.3) is 0 Å². The Morgan fingerprint density at radius 3 is 2.35 bits per heavy atom. The van der Waals surface area contributed by atoms with Crippen molar-refractivity contribution in [2.45, 2.75) is 84.7 Å². The first kappa shape index (κ1) is 30.6. The van der Waals surface area contributed by atoms with E-state index in [0.29, 0.717) is 24.8 Å². The molecular weight excluding hydrogens is 478 g/mol. The molecule has 2 N–H and O–H groups in total. The van der Waals surface area contributed by atoms with Crippen molar-refractivity contribution in [1.29, 1.82) is 0 Å². The molecule has 0 fully saturated rings. The van der Waals surface area contributed by atoms with Gasteiger partial charge in [0, 0.05) is 24.1 Å². The molecule has 0 aliphatic rings. The highest BCUT2D eigenvalue weighted by atomic mass is 32.2. The molecule has 0 saturated heterocycles. The van der Waals surface area contributed by atoms with E-state index < -0.39 is 6.10 Å². The van der Waals surface area contributed by atoms with Crippen LogP contribution in [0.5, 0.6) is 0 Å². The lowest BCUT2D eigenvalue weighted by atomic mass is 9.86. The second-order valence-electron chi connectivity index (χ2n) is 10.7. The Morgan fingerprint density at radius 2 is 1.70 bits per heavy atom. The number of aliphatic hydroxyl groups excluding tert-OH is 1. The van der Waals surface area contributed by atoms with Gasteiger partial charge in [0.05, 0.1) is 0 Å². The normalized spacial score (nSPS) is 13.6. The molecule has 37 heavy (non-hydrogen) atoms. The number of anilines is 1. The van der Waals surface area contributed by atoms with Crippen LogP contribution in [0.1, 0.15) is 77.8 Å². The highest BCUT2D eigenvalue weighted by Crippen LogP contribution is 2.33. The first-order chi connectivity index (χ1) is 17.5. The lowest BCUT2D eigenvalue weighted by molar-refractivity contribution is -0.127. The average molecular weight is 522 g/mol. The van der Waals surface area contributed by atoms with E-state index in [-0.39, 0.29) is 23.0 Å². The highest BCUT2D eigenvalue weighted by Gasteiger charge is 2.20. The molecule has 2 rings (SSSR count). The fraction of sp³-hybridized carbons (Fsp3) is 0.438. The van der Waals surface area contributed by atoms with E-state index >= 15 is 0 Å². The Kier molecular flexibility index (Phi) is 12.4. The van der Waals surface area contributed by atoms with Crippen molar-refractivity contribution < 1.29 is 14.7 Å². The molecule has 0 heterocycles. The number of ketones is 1. The molecule has 2 atom stereocenters. The van der Waals surface area contributed by atoms with Gasteiger partial charge in [0.15, 0.2) is 5.78 Å². The number of aliphatic hydroxyl groups is 1. The molecular formula is C32H43NO3S. The molecule has 0 aliphatic carbocycles. The Morgan fingerprint density at radius 1 is 1.05 bits per heavy atom. The molecule has 1 amide bonds. The maximum absolute atomic E-state index is 12.9. The smallest absolute Gasteiger partial charge is 0.251 e. The number of Topliss-reactive ketones (excluding diaryl/α,β-unsaturated/α-hetero) is 1. The number of carbonyl (C=O) groups is 2. The maximum atomic E-state index is 12.9. The van der Waals surface area contributed by atoms with E-state index in [1.54, 1.807) is 0 Å². The predicted octanol–water partition coefficient (Wildman–Crippen LogP) is 7.83. The SMILES string of the molecule is C=C(S/C=C(\C)C(=O)Nc1ccccc1C(C)(C)C)C(CCC)CCCC(=O)[C@H](O)Cc1ccccc1. The van der Waals surface area contributed by atoms with Gasteiger partial charge in [0.2, 0.25) is 0 Å². The van der Waals surface area contributed by atoms with Crippen molar-refractivity contribution in [3.63, 3.8) is 0 Å². The first-order valence-corrected chi connectivity index (χ1v) is 14.1. The molecule has 0 spiro atoms. The van der Waals surface area contributed by atoms with Crippen molar-refractivity contribution in [2.75, 3.05) is 5.32 Å². The summed E-state index contributed by atoms with van der Waals surface area (Å²) in [6.07, 6.45) is 3.29. The fourth-order valence-corrected chi connectivity index (χ4v) is 5.10. The van der Waals surface area contributed by atoms with Crippen LogP contribution in [-0.2, 0) is 21.4 Å². The molecule has 1 unspecified atom stereocenters. The number of carbonyl (C=O) groups excluding carboxylic acids is 2. The van der Waals surface area contributed by atoms with Gasteiger partial charge < -0.3 is 10.4 Å². The van der Waals surface area contributed by atoms with Gasteiger partial charge in [-0.2, -0.15) is 0 Å². The van der Waals surface area contributed by atoms with Crippen molar-refractivity contribution in [3.8, 4) is 0 Å². The lowest BCUT2D eigenvalue weighted by Gasteiger charge is -2.23. The maximum Gasteiger partial charge on any atom is 0.251 e. The molecule has 0 bridgehead atoms. The monoisotopic (exact) mass is 521 g/mol. The molecule has 2 aromatic rings. The zero-order chi connectivity index (χ0) is 27.4. The number of hydrogen-bond donors (Lipinski definition) is 2. The molecule has 4 nitrogen and oxygen atoms in total. The van der Waals surface area contributed by atoms with Gasteiger partial charge in [-0.15, -0.1) is 11.8 Å². The minimum atomic E-state index is -0.961. The van der Waals surface area contributed by atoms with Gasteiger partial charge >= 0.3 is 0 Å². The number of para-hydroxylation sites is 1. The largest absolute Gasteiger partial charge is 0.385 e.